The standard InChI is InChI=1S/C60H98S2Si2/c1-15-17-19-21-23-25-27-29-31-33-35-49-39-55-51(59-53(49)41-57(61-59)63(43(3)4,44(5)6)45(7)8)37-38-52-56(55)40-50(36-34-32-30-28-26-24-22-20-18-16-2)54-42-58(62-60(52)54)64(46(9)10,47(11)12)48(13)14/h37-48H,15-36H2,1-14H3. The fourth-order valence-corrected chi connectivity index (χ4v) is 34.1. The van der Waals surface area contributed by atoms with E-state index in [2.05, 4.69) is 156 Å². The number of unbranched alkanes of at least 4 members (excludes halogenated alkanes) is 18. The predicted molar refractivity (Wildman–Crippen MR) is 305 cm³/mol. The minimum Gasteiger partial charge on any atom is -0.144 e. The van der Waals surface area contributed by atoms with Gasteiger partial charge in [0, 0.05) is 20.2 Å². The minimum absolute atomic E-state index is 0.714. The molecule has 0 bridgehead atoms. The monoisotopic (exact) mass is 939 g/mol. The summed E-state index contributed by atoms with van der Waals surface area (Å²) in [6.45, 7) is 35.3. The zero-order valence-electron chi connectivity index (χ0n) is 44.3. The molecule has 0 atom stereocenters. The van der Waals surface area contributed by atoms with E-state index in [-0.39, 0.29) is 0 Å². The van der Waals surface area contributed by atoms with Gasteiger partial charge >= 0.3 is 0 Å². The molecule has 0 N–H and O–H groups in total. The summed E-state index contributed by atoms with van der Waals surface area (Å²) in [5.41, 5.74) is 7.54. The van der Waals surface area contributed by atoms with Crippen molar-refractivity contribution in [2.75, 3.05) is 0 Å². The summed E-state index contributed by atoms with van der Waals surface area (Å²) in [5.74, 6) is 0. The molecule has 0 aliphatic rings. The fraction of sp³-hybridized carbons (Fsp3) is 0.700. The second-order valence-corrected chi connectivity index (χ2v) is 37.3. The molecule has 0 saturated carbocycles. The van der Waals surface area contributed by atoms with Crippen LogP contribution in [0.4, 0.5) is 0 Å². The molecule has 0 saturated heterocycles. The minimum atomic E-state index is -1.82. The SMILES string of the molecule is CCCCCCCCCCCCc1cc2c3cc(CCCCCCCCCCCC)c4cc([Si](C(C)C)(C(C)C)C(C)C)sc4c3ccc2c2sc([Si](C(C)C)(C(C)C)C(C)C)cc12. The van der Waals surface area contributed by atoms with Crippen LogP contribution in [0, 0.1) is 0 Å². The first-order valence-electron chi connectivity index (χ1n) is 27.6. The van der Waals surface area contributed by atoms with Gasteiger partial charge in [0.1, 0.15) is 16.1 Å². The molecule has 5 aromatic rings. The Kier molecular flexibility index (Phi) is 21.1. The number of hydrogen-bond acceptors (Lipinski definition) is 2. The van der Waals surface area contributed by atoms with Crippen LogP contribution in [0.5, 0.6) is 0 Å². The van der Waals surface area contributed by atoms with E-state index in [4.69, 9.17) is 0 Å². The molecule has 358 valence electrons. The molecule has 0 aliphatic carbocycles. The highest BCUT2D eigenvalue weighted by molar-refractivity contribution is 7.33. The van der Waals surface area contributed by atoms with E-state index in [1.54, 1.807) is 40.3 Å². The van der Waals surface area contributed by atoms with E-state index < -0.39 is 16.1 Å². The van der Waals surface area contributed by atoms with Crippen LogP contribution in [0.3, 0.4) is 0 Å². The van der Waals surface area contributed by atoms with Gasteiger partial charge in [-0.3, -0.25) is 0 Å². The van der Waals surface area contributed by atoms with Crippen LogP contribution in [-0.2, 0) is 12.8 Å². The van der Waals surface area contributed by atoms with Crippen molar-refractivity contribution in [3.63, 3.8) is 0 Å². The van der Waals surface area contributed by atoms with Crippen molar-refractivity contribution in [2.45, 2.75) is 271 Å². The summed E-state index contributed by atoms with van der Waals surface area (Å²) in [6, 6.07) is 16.1. The highest BCUT2D eigenvalue weighted by Crippen LogP contribution is 2.48. The van der Waals surface area contributed by atoms with Crippen molar-refractivity contribution in [3.05, 3.63) is 47.5 Å². The first kappa shape index (κ1) is 53.5. The average Bonchev–Trinajstić information content (AvgIpc) is 3.88. The van der Waals surface area contributed by atoms with E-state index in [9.17, 15) is 0 Å². The molecule has 3 aromatic carbocycles. The largest absolute Gasteiger partial charge is 0.144 e. The number of benzene rings is 3. The van der Waals surface area contributed by atoms with Crippen molar-refractivity contribution in [1.29, 1.82) is 0 Å². The molecule has 2 aromatic heterocycles. The molecule has 0 aliphatic heterocycles. The summed E-state index contributed by atoms with van der Waals surface area (Å²) in [7, 11) is -3.63. The maximum absolute atomic E-state index is 2.76. The van der Waals surface area contributed by atoms with Gasteiger partial charge in [-0.15, -0.1) is 22.7 Å². The fourth-order valence-electron chi connectivity index (χ4n) is 13.7. The Bertz CT molecular complexity index is 1960. The van der Waals surface area contributed by atoms with Crippen LogP contribution in [0.1, 0.15) is 236 Å². The highest BCUT2D eigenvalue weighted by atomic mass is 32.1. The summed E-state index contributed by atoms with van der Waals surface area (Å²) in [6.07, 6.45) is 30.3. The van der Waals surface area contributed by atoms with Crippen LogP contribution >= 0.6 is 22.7 Å². The maximum atomic E-state index is 2.76. The molecule has 2 heterocycles. The molecule has 0 unspecified atom stereocenters. The molecule has 0 radical (unpaired) electrons. The molecule has 0 amide bonds. The molecule has 0 nitrogen and oxygen atoms in total. The van der Waals surface area contributed by atoms with Crippen molar-refractivity contribution in [2.24, 2.45) is 0 Å². The highest BCUT2D eigenvalue weighted by Gasteiger charge is 2.47. The van der Waals surface area contributed by atoms with E-state index in [0.717, 1.165) is 0 Å². The van der Waals surface area contributed by atoms with Gasteiger partial charge in [-0.1, -0.05) is 225 Å². The van der Waals surface area contributed by atoms with Gasteiger partial charge < -0.3 is 0 Å². The van der Waals surface area contributed by atoms with Crippen molar-refractivity contribution in [3.8, 4) is 0 Å². The zero-order chi connectivity index (χ0) is 46.6. The van der Waals surface area contributed by atoms with Crippen molar-refractivity contribution < 1.29 is 0 Å². The second kappa shape index (κ2) is 25.2. The first-order chi connectivity index (χ1) is 30.7. The van der Waals surface area contributed by atoms with Crippen LogP contribution in [0.15, 0.2) is 36.4 Å². The maximum Gasteiger partial charge on any atom is 0.107 e. The summed E-state index contributed by atoms with van der Waals surface area (Å²) in [4.78, 5) is 0. The Balaban J connectivity index is 1.63. The predicted octanol–water partition coefficient (Wildman–Crippen LogP) is 21.1. The van der Waals surface area contributed by atoms with Crippen LogP contribution < -0.4 is 9.00 Å². The van der Waals surface area contributed by atoms with Gasteiger partial charge in [-0.05, 0) is 125 Å². The van der Waals surface area contributed by atoms with E-state index in [0.29, 0.717) is 33.2 Å². The van der Waals surface area contributed by atoms with Crippen LogP contribution in [-0.4, -0.2) is 16.1 Å². The lowest BCUT2D eigenvalue weighted by atomic mass is 9.92. The normalized spacial score (nSPS) is 13.2. The van der Waals surface area contributed by atoms with Gasteiger partial charge in [0.25, 0.3) is 0 Å². The van der Waals surface area contributed by atoms with Gasteiger partial charge in [0.15, 0.2) is 0 Å². The van der Waals surface area contributed by atoms with E-state index in [1.807, 2.05) is 0 Å². The average molecular weight is 940 g/mol. The van der Waals surface area contributed by atoms with Crippen LogP contribution in [0.2, 0.25) is 33.2 Å². The second-order valence-electron chi connectivity index (χ2n) is 22.7. The summed E-state index contributed by atoms with van der Waals surface area (Å²) >= 11 is 4.45. The van der Waals surface area contributed by atoms with Crippen molar-refractivity contribution >= 4 is 89.5 Å². The Morgan fingerprint density at radius 2 is 0.594 bits per heavy atom. The molecule has 0 spiro atoms. The van der Waals surface area contributed by atoms with E-state index in [1.165, 1.54) is 163 Å². The molecular weight excluding hydrogens is 841 g/mol. The third-order valence-corrected chi connectivity index (χ3v) is 34.9. The number of aryl methyl sites for hydroxylation is 2. The molecular formula is C60H98S2Si2. The molecule has 64 heavy (non-hydrogen) atoms. The lowest BCUT2D eigenvalue weighted by molar-refractivity contribution is 0.556. The van der Waals surface area contributed by atoms with E-state index >= 15 is 0 Å². The quantitative estimate of drug-likeness (QED) is 0.0244. The van der Waals surface area contributed by atoms with Gasteiger partial charge in [0.2, 0.25) is 0 Å². The van der Waals surface area contributed by atoms with Gasteiger partial charge in [-0.2, -0.15) is 0 Å². The number of rotatable bonds is 30. The topological polar surface area (TPSA) is 0 Å². The van der Waals surface area contributed by atoms with Gasteiger partial charge in [-0.25, -0.2) is 0 Å². The molecule has 0 fully saturated rings. The molecule has 5 rings (SSSR count). The third kappa shape index (κ3) is 11.7. The molecule has 4 heteroatoms. The number of hydrogen-bond donors (Lipinski definition) is 0. The lowest BCUT2D eigenvalue weighted by Crippen LogP contribution is -2.54. The zero-order valence-corrected chi connectivity index (χ0v) is 47.9. The first-order valence-corrected chi connectivity index (χ1v) is 33.7. The van der Waals surface area contributed by atoms with Crippen LogP contribution in [0.25, 0.3) is 41.7 Å². The Labute approximate surface area is 406 Å². The Morgan fingerprint density at radius 3 is 0.859 bits per heavy atom. The lowest BCUT2D eigenvalue weighted by Gasteiger charge is -2.42. The van der Waals surface area contributed by atoms with Crippen molar-refractivity contribution in [1.82, 2.24) is 0 Å². The Hall–Kier alpha value is -1.47. The van der Waals surface area contributed by atoms with Gasteiger partial charge in [0.05, 0.1) is 0 Å². The summed E-state index contributed by atoms with van der Waals surface area (Å²) in [5, 5.41) is 9.28. The number of thiophene rings is 2. The number of fused-ring (bicyclic) bond motifs is 7. The third-order valence-electron chi connectivity index (χ3n) is 16.8. The smallest absolute Gasteiger partial charge is 0.107 e. The Morgan fingerprint density at radius 1 is 0.328 bits per heavy atom. The summed E-state index contributed by atoms with van der Waals surface area (Å²) < 4.78 is 6.70.